The highest BCUT2D eigenvalue weighted by Crippen LogP contribution is 2.46. The zero-order valence-corrected chi connectivity index (χ0v) is 11.5. The molecule has 0 spiro atoms. The Morgan fingerprint density at radius 3 is 2.89 bits per heavy atom. The summed E-state index contributed by atoms with van der Waals surface area (Å²) in [7, 11) is -3.65. The molecule has 0 bridgehead atoms. The van der Waals surface area contributed by atoms with Gasteiger partial charge in [-0.1, -0.05) is 0 Å². The number of sulfonamides is 1. The number of nitriles is 1. The van der Waals surface area contributed by atoms with E-state index < -0.39 is 10.0 Å². The summed E-state index contributed by atoms with van der Waals surface area (Å²) in [5.41, 5.74) is -0.0704. The summed E-state index contributed by atoms with van der Waals surface area (Å²) in [5, 5.41) is 8.86. The van der Waals surface area contributed by atoms with E-state index >= 15 is 0 Å². The Balaban J connectivity index is 2.19. The first-order valence-corrected chi connectivity index (χ1v) is 8.14. The number of rotatable bonds is 5. The number of hydrogen-bond donors (Lipinski definition) is 1. The smallest absolute Gasteiger partial charge is 0.243 e. The van der Waals surface area contributed by atoms with Gasteiger partial charge in [-0.2, -0.15) is 17.0 Å². The van der Waals surface area contributed by atoms with Gasteiger partial charge in [-0.15, -0.1) is 0 Å². The van der Waals surface area contributed by atoms with E-state index in [1.54, 1.807) is 17.8 Å². The Kier molecular flexibility index (Phi) is 3.61. The molecule has 96 valence electrons. The number of thioether (sulfide) groups is 1. The lowest BCUT2D eigenvalue weighted by Crippen LogP contribution is -2.32. The third kappa shape index (κ3) is 2.66. The summed E-state index contributed by atoms with van der Waals surface area (Å²) < 4.78 is 26.8. The molecule has 0 atom stereocenters. The first-order valence-electron chi connectivity index (χ1n) is 5.43. The Bertz CT molecular complexity index is 589. The predicted octanol–water partition coefficient (Wildman–Crippen LogP) is 1.13. The molecular formula is C11H13N3O2S2. The van der Waals surface area contributed by atoms with Crippen molar-refractivity contribution in [1.29, 1.82) is 5.26 Å². The normalized spacial score (nSPS) is 17.1. The number of hydrogen-bond acceptors (Lipinski definition) is 5. The summed E-state index contributed by atoms with van der Waals surface area (Å²) >= 11 is 1.68. The van der Waals surface area contributed by atoms with Crippen LogP contribution < -0.4 is 4.72 Å². The SMILES string of the molecule is CSC1(CNS(=O)(=O)c2cccnc2C#N)CC1. The van der Waals surface area contributed by atoms with Crippen LogP contribution in [0.15, 0.2) is 23.2 Å². The molecule has 1 aromatic heterocycles. The Morgan fingerprint density at radius 2 is 2.33 bits per heavy atom. The largest absolute Gasteiger partial charge is 0.244 e. The van der Waals surface area contributed by atoms with Gasteiger partial charge in [0.15, 0.2) is 5.69 Å². The van der Waals surface area contributed by atoms with Crippen molar-refractivity contribution in [3.63, 3.8) is 0 Å². The second-order valence-corrected chi connectivity index (χ2v) is 7.18. The number of pyridine rings is 1. The van der Waals surface area contributed by atoms with E-state index in [2.05, 4.69) is 9.71 Å². The highest BCUT2D eigenvalue weighted by Gasteiger charge is 2.42. The third-order valence-corrected chi connectivity index (χ3v) is 5.84. The van der Waals surface area contributed by atoms with Crippen LogP contribution in [-0.4, -0.2) is 30.9 Å². The Labute approximate surface area is 111 Å². The zero-order valence-electron chi connectivity index (χ0n) is 9.88. The zero-order chi connectivity index (χ0) is 13.2. The van der Waals surface area contributed by atoms with Crippen LogP contribution in [0.1, 0.15) is 18.5 Å². The van der Waals surface area contributed by atoms with E-state index in [9.17, 15) is 8.42 Å². The molecule has 0 aromatic carbocycles. The molecule has 18 heavy (non-hydrogen) atoms. The summed E-state index contributed by atoms with van der Waals surface area (Å²) in [6, 6.07) is 4.70. The van der Waals surface area contributed by atoms with Crippen LogP contribution in [-0.2, 0) is 10.0 Å². The van der Waals surface area contributed by atoms with Gasteiger partial charge in [-0.25, -0.2) is 18.1 Å². The number of nitrogens with one attached hydrogen (secondary N) is 1. The summed E-state index contributed by atoms with van der Waals surface area (Å²) in [6.07, 6.45) is 5.43. The summed E-state index contributed by atoms with van der Waals surface area (Å²) in [5.74, 6) is 0. The molecule has 1 aliphatic rings. The average Bonchev–Trinajstić information content (AvgIpc) is 3.17. The van der Waals surface area contributed by atoms with Crippen LogP contribution >= 0.6 is 11.8 Å². The standard InChI is InChI=1S/C11H13N3O2S2/c1-17-11(4-5-11)8-14-18(15,16)10-3-2-6-13-9(10)7-12/h2-3,6,14H,4-5,8H2,1H3. The van der Waals surface area contributed by atoms with E-state index in [1.807, 2.05) is 6.26 Å². The Morgan fingerprint density at radius 1 is 1.61 bits per heavy atom. The fourth-order valence-electron chi connectivity index (χ4n) is 1.59. The van der Waals surface area contributed by atoms with Gasteiger partial charge >= 0.3 is 0 Å². The minimum Gasteiger partial charge on any atom is -0.244 e. The van der Waals surface area contributed by atoms with E-state index in [0.717, 1.165) is 12.8 Å². The molecule has 0 aliphatic heterocycles. The summed E-state index contributed by atoms with van der Waals surface area (Å²) in [4.78, 5) is 3.71. The molecule has 5 nitrogen and oxygen atoms in total. The number of nitrogens with zero attached hydrogens (tertiary/aromatic N) is 2. The topological polar surface area (TPSA) is 82.8 Å². The van der Waals surface area contributed by atoms with Crippen molar-refractivity contribution in [3.05, 3.63) is 24.0 Å². The maximum atomic E-state index is 12.1. The minimum absolute atomic E-state index is 0.0437. The van der Waals surface area contributed by atoms with E-state index in [1.165, 1.54) is 18.3 Å². The predicted molar refractivity (Wildman–Crippen MR) is 69.6 cm³/mol. The molecule has 1 heterocycles. The lowest BCUT2D eigenvalue weighted by molar-refractivity contribution is 0.579. The van der Waals surface area contributed by atoms with Gasteiger partial charge in [0.1, 0.15) is 11.0 Å². The second kappa shape index (κ2) is 4.88. The second-order valence-electron chi connectivity index (χ2n) is 4.17. The van der Waals surface area contributed by atoms with Crippen molar-refractivity contribution >= 4 is 21.8 Å². The quantitative estimate of drug-likeness (QED) is 0.875. The van der Waals surface area contributed by atoms with Crippen LogP contribution in [0.25, 0.3) is 0 Å². The molecule has 1 saturated carbocycles. The van der Waals surface area contributed by atoms with Gasteiger partial charge in [0.05, 0.1) is 0 Å². The van der Waals surface area contributed by atoms with Crippen LogP contribution in [0.5, 0.6) is 0 Å². The molecular weight excluding hydrogens is 270 g/mol. The van der Waals surface area contributed by atoms with Crippen molar-refractivity contribution < 1.29 is 8.42 Å². The van der Waals surface area contributed by atoms with Crippen molar-refractivity contribution in [2.45, 2.75) is 22.5 Å². The van der Waals surface area contributed by atoms with Gasteiger partial charge in [0.2, 0.25) is 10.0 Å². The third-order valence-electron chi connectivity index (χ3n) is 2.99. The Hall–Kier alpha value is -1.10. The van der Waals surface area contributed by atoms with E-state index in [0.29, 0.717) is 6.54 Å². The van der Waals surface area contributed by atoms with Crippen LogP contribution in [0.3, 0.4) is 0 Å². The van der Waals surface area contributed by atoms with E-state index in [-0.39, 0.29) is 15.3 Å². The molecule has 1 fully saturated rings. The first kappa shape index (κ1) is 13.3. The molecule has 1 aromatic rings. The fraction of sp³-hybridized carbons (Fsp3) is 0.455. The maximum Gasteiger partial charge on any atom is 0.243 e. The molecule has 1 N–H and O–H groups in total. The van der Waals surface area contributed by atoms with Gasteiger partial charge < -0.3 is 0 Å². The maximum absolute atomic E-state index is 12.1. The number of aromatic nitrogens is 1. The summed E-state index contributed by atoms with van der Waals surface area (Å²) in [6.45, 7) is 0.399. The van der Waals surface area contributed by atoms with Crippen LogP contribution in [0.2, 0.25) is 0 Å². The van der Waals surface area contributed by atoms with Gasteiger partial charge in [-0.05, 0) is 31.2 Å². The molecule has 1 aliphatic carbocycles. The van der Waals surface area contributed by atoms with Crippen molar-refractivity contribution in [2.24, 2.45) is 0 Å². The van der Waals surface area contributed by atoms with Gasteiger partial charge in [-0.3, -0.25) is 0 Å². The van der Waals surface area contributed by atoms with Crippen LogP contribution in [0.4, 0.5) is 0 Å². The lowest BCUT2D eigenvalue weighted by Gasteiger charge is -2.13. The minimum atomic E-state index is -3.65. The average molecular weight is 283 g/mol. The van der Waals surface area contributed by atoms with Crippen molar-refractivity contribution in [3.8, 4) is 6.07 Å². The first-order chi connectivity index (χ1) is 8.53. The van der Waals surface area contributed by atoms with Crippen LogP contribution in [0, 0.1) is 11.3 Å². The molecule has 0 amide bonds. The fourth-order valence-corrected chi connectivity index (χ4v) is 3.64. The van der Waals surface area contributed by atoms with E-state index in [4.69, 9.17) is 5.26 Å². The van der Waals surface area contributed by atoms with Gasteiger partial charge in [0.25, 0.3) is 0 Å². The molecule has 0 unspecified atom stereocenters. The molecule has 0 radical (unpaired) electrons. The molecule has 7 heteroatoms. The van der Waals surface area contributed by atoms with Gasteiger partial charge in [0, 0.05) is 17.5 Å². The lowest BCUT2D eigenvalue weighted by atomic mass is 10.4. The molecule has 2 rings (SSSR count). The highest BCUT2D eigenvalue weighted by molar-refractivity contribution is 8.00. The van der Waals surface area contributed by atoms with Crippen molar-refractivity contribution in [1.82, 2.24) is 9.71 Å². The monoisotopic (exact) mass is 283 g/mol. The highest BCUT2D eigenvalue weighted by atomic mass is 32.2. The van der Waals surface area contributed by atoms with Crippen molar-refractivity contribution in [2.75, 3.05) is 12.8 Å². The molecule has 0 saturated heterocycles.